The number of carbonyl (C=O) groups excluding carboxylic acids is 2. The van der Waals surface area contributed by atoms with Crippen molar-refractivity contribution < 1.29 is 36.3 Å². The topological polar surface area (TPSA) is 68.5 Å². The average molecular weight is 421 g/mol. The summed E-state index contributed by atoms with van der Waals surface area (Å²) in [6.07, 6.45) is -5.80. The van der Waals surface area contributed by atoms with Crippen LogP contribution in [0.4, 0.5) is 23.2 Å². The van der Waals surface area contributed by atoms with E-state index in [4.69, 9.17) is 9.15 Å². The summed E-state index contributed by atoms with van der Waals surface area (Å²) in [5, 5.41) is 2.29. The number of ether oxygens (including phenoxy) is 1. The van der Waals surface area contributed by atoms with E-state index in [1.165, 1.54) is 49.4 Å². The van der Waals surface area contributed by atoms with Gasteiger partial charge < -0.3 is 14.5 Å². The second-order valence-corrected chi connectivity index (χ2v) is 6.26. The van der Waals surface area contributed by atoms with Gasteiger partial charge in [-0.05, 0) is 43.3 Å². The number of anilines is 1. The third kappa shape index (κ3) is 4.86. The van der Waals surface area contributed by atoms with E-state index < -0.39 is 35.5 Å². The van der Waals surface area contributed by atoms with Crippen LogP contribution in [0, 0.1) is 5.82 Å². The zero-order valence-electron chi connectivity index (χ0n) is 15.5. The van der Waals surface area contributed by atoms with Crippen molar-refractivity contribution >= 4 is 17.6 Å². The van der Waals surface area contributed by atoms with E-state index in [9.17, 15) is 27.2 Å². The minimum Gasteiger partial charge on any atom is -0.449 e. The number of alkyl halides is 3. The number of furan rings is 1. The van der Waals surface area contributed by atoms with E-state index in [0.717, 1.165) is 18.2 Å². The van der Waals surface area contributed by atoms with Crippen LogP contribution >= 0.6 is 0 Å². The number of carbonyl (C=O) groups is 2. The van der Waals surface area contributed by atoms with Crippen LogP contribution in [0.25, 0.3) is 11.3 Å². The predicted molar refractivity (Wildman–Crippen MR) is 99.1 cm³/mol. The molecule has 1 N–H and O–H groups in total. The molecule has 3 rings (SSSR count). The van der Waals surface area contributed by atoms with Crippen molar-refractivity contribution in [1.29, 1.82) is 0 Å². The molecule has 5 nitrogen and oxygen atoms in total. The fourth-order valence-electron chi connectivity index (χ4n) is 2.52. The summed E-state index contributed by atoms with van der Waals surface area (Å²) >= 11 is 0. The van der Waals surface area contributed by atoms with Gasteiger partial charge in [0, 0.05) is 5.56 Å². The Morgan fingerprint density at radius 2 is 1.77 bits per heavy atom. The Labute approximate surface area is 168 Å². The number of rotatable bonds is 5. The molecule has 0 fully saturated rings. The Hall–Kier alpha value is -3.62. The second kappa shape index (κ2) is 8.40. The van der Waals surface area contributed by atoms with Crippen molar-refractivity contribution in [3.8, 4) is 11.3 Å². The van der Waals surface area contributed by atoms with Gasteiger partial charge in [0.05, 0.1) is 11.3 Å². The maximum atomic E-state index is 13.6. The van der Waals surface area contributed by atoms with E-state index in [2.05, 4.69) is 5.32 Å². The zero-order chi connectivity index (χ0) is 21.9. The number of hydrogen-bond donors (Lipinski definition) is 1. The summed E-state index contributed by atoms with van der Waals surface area (Å²) in [7, 11) is 0. The van der Waals surface area contributed by atoms with Gasteiger partial charge >= 0.3 is 12.1 Å². The number of hydrogen-bond acceptors (Lipinski definition) is 4. The molecule has 3 aromatic rings. The number of esters is 1. The normalized spacial score (nSPS) is 12.3. The summed E-state index contributed by atoms with van der Waals surface area (Å²) in [5.41, 5.74) is -0.816. The lowest BCUT2D eigenvalue weighted by molar-refractivity contribution is -0.137. The molecule has 9 heteroatoms. The highest BCUT2D eigenvalue weighted by Gasteiger charge is 2.31. The van der Waals surface area contributed by atoms with Crippen molar-refractivity contribution in [2.75, 3.05) is 5.32 Å². The molecule has 156 valence electrons. The minimum absolute atomic E-state index is 0.0245. The van der Waals surface area contributed by atoms with Crippen LogP contribution < -0.4 is 5.32 Å². The molecule has 0 bridgehead atoms. The van der Waals surface area contributed by atoms with Crippen LogP contribution in [0.1, 0.15) is 23.0 Å². The first kappa shape index (κ1) is 21.1. The lowest BCUT2D eigenvalue weighted by Crippen LogP contribution is -2.30. The monoisotopic (exact) mass is 421 g/mol. The first-order valence-electron chi connectivity index (χ1n) is 8.69. The number of benzene rings is 2. The van der Waals surface area contributed by atoms with Gasteiger partial charge in [-0.25, -0.2) is 9.18 Å². The Kier molecular flexibility index (Phi) is 5.91. The van der Waals surface area contributed by atoms with Crippen molar-refractivity contribution in [2.45, 2.75) is 19.2 Å². The maximum absolute atomic E-state index is 13.6. The summed E-state index contributed by atoms with van der Waals surface area (Å²) in [4.78, 5) is 24.3. The number of halogens is 4. The smallest absolute Gasteiger partial charge is 0.416 e. The molecule has 1 amide bonds. The molecule has 2 aromatic carbocycles. The molecule has 1 aromatic heterocycles. The van der Waals surface area contributed by atoms with E-state index in [0.29, 0.717) is 0 Å². The van der Waals surface area contributed by atoms with E-state index >= 15 is 0 Å². The van der Waals surface area contributed by atoms with Gasteiger partial charge in [0.2, 0.25) is 5.76 Å². The van der Waals surface area contributed by atoms with Gasteiger partial charge in [0.25, 0.3) is 5.91 Å². The van der Waals surface area contributed by atoms with Crippen molar-refractivity contribution in [3.63, 3.8) is 0 Å². The maximum Gasteiger partial charge on any atom is 0.416 e. The largest absolute Gasteiger partial charge is 0.449 e. The van der Waals surface area contributed by atoms with Crippen LogP contribution in [-0.2, 0) is 15.7 Å². The molecule has 0 saturated heterocycles. The average Bonchev–Trinajstić information content (AvgIpc) is 3.19. The summed E-state index contributed by atoms with van der Waals surface area (Å²) in [5.74, 6) is -2.69. The van der Waals surface area contributed by atoms with Gasteiger partial charge in [0.1, 0.15) is 11.6 Å². The third-order valence-electron chi connectivity index (χ3n) is 4.07. The molecule has 0 radical (unpaired) electrons. The van der Waals surface area contributed by atoms with Crippen molar-refractivity contribution in [1.82, 2.24) is 0 Å². The Balaban J connectivity index is 1.68. The number of nitrogens with one attached hydrogen (secondary N) is 1. The quantitative estimate of drug-likeness (QED) is 0.449. The molecule has 1 atom stereocenters. The molecule has 0 aliphatic carbocycles. The van der Waals surface area contributed by atoms with Crippen LogP contribution in [-0.4, -0.2) is 18.0 Å². The van der Waals surface area contributed by atoms with E-state index in [1.54, 1.807) is 0 Å². The molecule has 0 unspecified atom stereocenters. The molecular weight excluding hydrogens is 406 g/mol. The van der Waals surface area contributed by atoms with Gasteiger partial charge in [-0.1, -0.05) is 24.3 Å². The highest BCUT2D eigenvalue weighted by Crippen LogP contribution is 2.32. The summed E-state index contributed by atoms with van der Waals surface area (Å²) in [6.45, 7) is 1.28. The standard InChI is InChI=1S/C21H15F4NO4/c1-12(19(27)26-16-8-3-2-7-15(16)22)29-20(28)18-10-9-17(30-18)13-5-4-6-14(11-13)21(23,24)25/h2-12H,1H3,(H,26,27)/t12-/m0/s1. The number of para-hydroxylation sites is 1. The predicted octanol–water partition coefficient (Wildman–Crippen LogP) is 5.29. The molecule has 0 aliphatic heterocycles. The Bertz CT molecular complexity index is 1070. The number of amides is 1. The first-order valence-corrected chi connectivity index (χ1v) is 8.69. The fraction of sp³-hybridized carbons (Fsp3) is 0.143. The lowest BCUT2D eigenvalue weighted by Gasteiger charge is -2.13. The third-order valence-corrected chi connectivity index (χ3v) is 4.07. The van der Waals surface area contributed by atoms with Gasteiger partial charge in [-0.2, -0.15) is 13.2 Å². The van der Waals surface area contributed by atoms with E-state index in [-0.39, 0.29) is 22.8 Å². The molecule has 0 saturated carbocycles. The van der Waals surface area contributed by atoms with Crippen molar-refractivity contribution in [2.24, 2.45) is 0 Å². The molecular formula is C21H15F4NO4. The second-order valence-electron chi connectivity index (χ2n) is 6.26. The Morgan fingerprint density at radius 1 is 1.03 bits per heavy atom. The van der Waals surface area contributed by atoms with Gasteiger partial charge in [-0.3, -0.25) is 4.79 Å². The molecule has 0 aliphatic rings. The molecule has 30 heavy (non-hydrogen) atoms. The van der Waals surface area contributed by atoms with Gasteiger partial charge in [-0.15, -0.1) is 0 Å². The van der Waals surface area contributed by atoms with Gasteiger partial charge in [0.15, 0.2) is 6.10 Å². The van der Waals surface area contributed by atoms with Crippen LogP contribution in [0.5, 0.6) is 0 Å². The summed E-state index contributed by atoms with van der Waals surface area (Å²) < 4.78 is 62.4. The molecule has 0 spiro atoms. The highest BCUT2D eigenvalue weighted by atomic mass is 19.4. The minimum atomic E-state index is -4.52. The SMILES string of the molecule is C[C@H](OC(=O)c1ccc(-c2cccc(C(F)(F)F)c2)o1)C(=O)Nc1ccccc1F. The van der Waals surface area contributed by atoms with Crippen LogP contribution in [0.2, 0.25) is 0 Å². The van der Waals surface area contributed by atoms with Crippen LogP contribution in [0.15, 0.2) is 65.1 Å². The zero-order valence-corrected chi connectivity index (χ0v) is 15.5. The Morgan fingerprint density at radius 3 is 2.47 bits per heavy atom. The highest BCUT2D eigenvalue weighted by molar-refractivity contribution is 5.96. The molecule has 1 heterocycles. The first-order chi connectivity index (χ1) is 14.1. The van der Waals surface area contributed by atoms with Crippen LogP contribution in [0.3, 0.4) is 0 Å². The summed E-state index contributed by atoms with van der Waals surface area (Å²) in [6, 6.07) is 12.4. The van der Waals surface area contributed by atoms with E-state index in [1.807, 2.05) is 0 Å². The lowest BCUT2D eigenvalue weighted by atomic mass is 10.1. The van der Waals surface area contributed by atoms with Crippen molar-refractivity contribution in [3.05, 3.63) is 77.8 Å². The fourth-order valence-corrected chi connectivity index (χ4v) is 2.52.